The lowest BCUT2D eigenvalue weighted by atomic mass is 10.2. The van der Waals surface area contributed by atoms with Crippen molar-refractivity contribution in [3.05, 3.63) is 0 Å². The third kappa shape index (κ3) is 4.61. The Bertz CT molecular complexity index is 420. The molecule has 7 nitrogen and oxygen atoms in total. The second-order valence-electron chi connectivity index (χ2n) is 4.30. The molecule has 1 heterocycles. The second kappa shape index (κ2) is 6.14. The van der Waals surface area contributed by atoms with E-state index in [1.54, 1.807) is 0 Å². The topological polar surface area (TPSA) is 104 Å². The van der Waals surface area contributed by atoms with Gasteiger partial charge in [0, 0.05) is 20.0 Å². The Morgan fingerprint density at radius 1 is 1.44 bits per heavy atom. The van der Waals surface area contributed by atoms with Crippen molar-refractivity contribution in [3.63, 3.8) is 0 Å². The highest BCUT2D eigenvalue weighted by Crippen LogP contribution is 2.17. The summed E-state index contributed by atoms with van der Waals surface area (Å²) in [4.78, 5) is 24.5. The second-order valence-corrected chi connectivity index (χ2v) is 5.87. The first-order valence-corrected chi connectivity index (χ1v) is 7.42. The van der Waals surface area contributed by atoms with E-state index < -0.39 is 16.2 Å². The molecule has 2 N–H and O–H groups in total. The first kappa shape index (κ1) is 14.9. The standard InChI is InChI=1S/C10H18N2O5S/c1-8(13)12-6-2-4-9(12)10(14)11-5-3-7-18(15,16)17/h9H,2-7H2,1H3,(H,11,14)(H,15,16,17). The normalized spacial score (nSPS) is 19.9. The van der Waals surface area contributed by atoms with Crippen LogP contribution in [0.1, 0.15) is 26.2 Å². The molecule has 1 aliphatic heterocycles. The zero-order chi connectivity index (χ0) is 13.8. The molecule has 2 amide bonds. The van der Waals surface area contributed by atoms with Gasteiger partial charge in [0.05, 0.1) is 5.75 Å². The van der Waals surface area contributed by atoms with Gasteiger partial charge in [-0.3, -0.25) is 14.1 Å². The van der Waals surface area contributed by atoms with E-state index in [2.05, 4.69) is 5.32 Å². The summed E-state index contributed by atoms with van der Waals surface area (Å²) < 4.78 is 29.4. The molecular formula is C10H18N2O5S. The van der Waals surface area contributed by atoms with Crippen molar-refractivity contribution in [2.75, 3.05) is 18.8 Å². The molecule has 18 heavy (non-hydrogen) atoms. The molecule has 0 aromatic heterocycles. The van der Waals surface area contributed by atoms with Crippen LogP contribution < -0.4 is 5.32 Å². The molecule has 104 valence electrons. The summed E-state index contributed by atoms with van der Waals surface area (Å²) in [5.41, 5.74) is 0. The van der Waals surface area contributed by atoms with Crippen LogP contribution in [0.3, 0.4) is 0 Å². The van der Waals surface area contributed by atoms with Crippen LogP contribution in [0.4, 0.5) is 0 Å². The predicted molar refractivity (Wildman–Crippen MR) is 64.5 cm³/mol. The molecule has 0 radical (unpaired) electrons. The van der Waals surface area contributed by atoms with Crippen molar-refractivity contribution in [1.82, 2.24) is 10.2 Å². The Balaban J connectivity index is 2.35. The molecule has 0 aromatic carbocycles. The van der Waals surface area contributed by atoms with Gasteiger partial charge in [-0.2, -0.15) is 8.42 Å². The molecule has 0 saturated carbocycles. The van der Waals surface area contributed by atoms with Crippen molar-refractivity contribution in [2.24, 2.45) is 0 Å². The molecule has 1 aliphatic rings. The fraction of sp³-hybridized carbons (Fsp3) is 0.800. The van der Waals surface area contributed by atoms with Gasteiger partial charge in [0.15, 0.2) is 0 Å². The van der Waals surface area contributed by atoms with Gasteiger partial charge in [-0.15, -0.1) is 0 Å². The molecule has 1 atom stereocenters. The van der Waals surface area contributed by atoms with Gasteiger partial charge in [0.25, 0.3) is 10.1 Å². The fourth-order valence-corrected chi connectivity index (χ4v) is 2.51. The molecule has 0 spiro atoms. The van der Waals surface area contributed by atoms with Gasteiger partial charge in [-0.05, 0) is 19.3 Å². The number of hydrogen-bond donors (Lipinski definition) is 2. The Kier molecular flexibility index (Phi) is 5.09. The highest BCUT2D eigenvalue weighted by atomic mass is 32.2. The van der Waals surface area contributed by atoms with E-state index in [0.29, 0.717) is 13.0 Å². The highest BCUT2D eigenvalue weighted by molar-refractivity contribution is 7.85. The monoisotopic (exact) mass is 278 g/mol. The highest BCUT2D eigenvalue weighted by Gasteiger charge is 2.31. The zero-order valence-electron chi connectivity index (χ0n) is 10.3. The van der Waals surface area contributed by atoms with Gasteiger partial charge in [0.1, 0.15) is 6.04 Å². The van der Waals surface area contributed by atoms with Crippen molar-refractivity contribution < 1.29 is 22.6 Å². The largest absolute Gasteiger partial charge is 0.354 e. The van der Waals surface area contributed by atoms with Gasteiger partial charge in [0.2, 0.25) is 11.8 Å². The number of rotatable bonds is 5. The minimum absolute atomic E-state index is 0.134. The minimum atomic E-state index is -3.98. The first-order valence-electron chi connectivity index (χ1n) is 5.81. The fourth-order valence-electron chi connectivity index (χ4n) is 2.00. The molecule has 1 unspecified atom stereocenters. The maximum Gasteiger partial charge on any atom is 0.264 e. The summed E-state index contributed by atoms with van der Waals surface area (Å²) in [6, 6.07) is -0.451. The van der Waals surface area contributed by atoms with Crippen molar-refractivity contribution in [3.8, 4) is 0 Å². The number of likely N-dealkylation sites (tertiary alicyclic amines) is 1. The number of carbonyl (C=O) groups is 2. The van der Waals surface area contributed by atoms with Crippen LogP contribution in [0, 0.1) is 0 Å². The first-order chi connectivity index (χ1) is 8.31. The minimum Gasteiger partial charge on any atom is -0.354 e. The van der Waals surface area contributed by atoms with Crippen LogP contribution in [-0.2, 0) is 19.7 Å². The van der Waals surface area contributed by atoms with Crippen LogP contribution in [-0.4, -0.2) is 54.6 Å². The molecule has 0 bridgehead atoms. The van der Waals surface area contributed by atoms with E-state index >= 15 is 0 Å². The summed E-state index contributed by atoms with van der Waals surface area (Å²) in [7, 11) is -3.98. The SMILES string of the molecule is CC(=O)N1CCCC1C(=O)NCCCS(=O)(=O)O. The Morgan fingerprint density at radius 3 is 2.67 bits per heavy atom. The van der Waals surface area contributed by atoms with Gasteiger partial charge in [-0.1, -0.05) is 0 Å². The maximum absolute atomic E-state index is 11.8. The summed E-state index contributed by atoms with van der Waals surface area (Å²) >= 11 is 0. The quantitative estimate of drug-likeness (QED) is 0.516. The van der Waals surface area contributed by atoms with Gasteiger partial charge in [-0.25, -0.2) is 0 Å². The van der Waals surface area contributed by atoms with Crippen LogP contribution in [0.25, 0.3) is 0 Å². The Labute approximate surface area is 106 Å². The zero-order valence-corrected chi connectivity index (χ0v) is 11.1. The molecular weight excluding hydrogens is 260 g/mol. The van der Waals surface area contributed by atoms with Gasteiger partial charge < -0.3 is 10.2 Å². The van der Waals surface area contributed by atoms with Crippen molar-refractivity contribution >= 4 is 21.9 Å². The van der Waals surface area contributed by atoms with Crippen LogP contribution in [0.2, 0.25) is 0 Å². The smallest absolute Gasteiger partial charge is 0.264 e. The number of amides is 2. The Morgan fingerprint density at radius 2 is 2.11 bits per heavy atom. The van der Waals surface area contributed by atoms with Gasteiger partial charge >= 0.3 is 0 Å². The summed E-state index contributed by atoms with van der Waals surface area (Å²) in [5.74, 6) is -0.780. The molecule has 8 heteroatoms. The van der Waals surface area contributed by atoms with E-state index in [0.717, 1.165) is 6.42 Å². The number of hydrogen-bond acceptors (Lipinski definition) is 4. The molecule has 0 aromatic rings. The van der Waals surface area contributed by atoms with Crippen LogP contribution >= 0.6 is 0 Å². The predicted octanol–water partition coefficient (Wildman–Crippen LogP) is -0.609. The van der Waals surface area contributed by atoms with Crippen LogP contribution in [0.5, 0.6) is 0 Å². The summed E-state index contributed by atoms with van der Waals surface area (Å²) in [5, 5.41) is 2.57. The van der Waals surface area contributed by atoms with E-state index in [1.807, 2.05) is 0 Å². The average molecular weight is 278 g/mol. The average Bonchev–Trinajstić information content (AvgIpc) is 2.71. The summed E-state index contributed by atoms with van der Waals surface area (Å²) in [6.45, 7) is 2.17. The third-order valence-corrected chi connectivity index (χ3v) is 3.64. The molecule has 0 aliphatic carbocycles. The van der Waals surface area contributed by atoms with Crippen LogP contribution in [0.15, 0.2) is 0 Å². The number of carbonyl (C=O) groups excluding carboxylic acids is 2. The summed E-state index contributed by atoms with van der Waals surface area (Å²) in [6.07, 6.45) is 1.57. The lowest BCUT2D eigenvalue weighted by Crippen LogP contribution is -2.45. The van der Waals surface area contributed by atoms with E-state index in [4.69, 9.17) is 4.55 Å². The van der Waals surface area contributed by atoms with E-state index in [1.165, 1.54) is 11.8 Å². The van der Waals surface area contributed by atoms with Crippen molar-refractivity contribution in [1.29, 1.82) is 0 Å². The molecule has 1 saturated heterocycles. The lowest BCUT2D eigenvalue weighted by Gasteiger charge is -2.22. The van der Waals surface area contributed by atoms with E-state index in [-0.39, 0.29) is 30.5 Å². The maximum atomic E-state index is 11.8. The third-order valence-electron chi connectivity index (χ3n) is 2.84. The number of nitrogens with zero attached hydrogens (tertiary/aromatic N) is 1. The Hall–Kier alpha value is -1.15. The molecule has 1 rings (SSSR count). The lowest BCUT2D eigenvalue weighted by molar-refractivity contribution is -0.136. The van der Waals surface area contributed by atoms with E-state index in [9.17, 15) is 18.0 Å². The molecule has 1 fully saturated rings. The van der Waals surface area contributed by atoms with Crippen molar-refractivity contribution in [2.45, 2.75) is 32.2 Å². The number of nitrogens with one attached hydrogen (secondary N) is 1.